The van der Waals surface area contributed by atoms with Crippen LogP contribution < -0.4 is 5.32 Å². The Labute approximate surface area is 190 Å². The van der Waals surface area contributed by atoms with Crippen LogP contribution in [0.15, 0.2) is 73.1 Å². The van der Waals surface area contributed by atoms with Crippen LogP contribution in [-0.2, 0) is 6.18 Å². The van der Waals surface area contributed by atoms with E-state index in [2.05, 4.69) is 25.3 Å². The summed E-state index contributed by atoms with van der Waals surface area (Å²) in [6, 6.07) is 13.9. The van der Waals surface area contributed by atoms with Crippen molar-refractivity contribution in [1.29, 1.82) is 0 Å². The normalized spacial score (nSPS) is 11.6. The van der Waals surface area contributed by atoms with Gasteiger partial charge in [0.05, 0.1) is 22.3 Å². The van der Waals surface area contributed by atoms with Gasteiger partial charge in [-0.2, -0.15) is 13.2 Å². The summed E-state index contributed by atoms with van der Waals surface area (Å²) in [6.07, 6.45) is -1.43. The van der Waals surface area contributed by atoms with Crippen molar-refractivity contribution in [2.75, 3.05) is 5.32 Å². The molecule has 10 heteroatoms. The number of nitrogens with one attached hydrogen (secondary N) is 2. The first-order valence-corrected chi connectivity index (χ1v) is 10.0. The highest BCUT2D eigenvalue weighted by Crippen LogP contribution is 2.34. The number of anilines is 2. The maximum atomic E-state index is 13.4. The first kappa shape index (κ1) is 21.4. The number of alkyl halides is 3. The Bertz CT molecular complexity index is 1500. The van der Waals surface area contributed by atoms with E-state index in [0.717, 1.165) is 12.1 Å². The summed E-state index contributed by atoms with van der Waals surface area (Å²) in [4.78, 5) is 15.6. The number of aromatic nitrogens is 4. The van der Waals surface area contributed by atoms with Crippen molar-refractivity contribution in [2.45, 2.75) is 6.18 Å². The molecule has 0 amide bonds. The number of H-pyrrole nitrogens is 1. The van der Waals surface area contributed by atoms with Gasteiger partial charge in [0.15, 0.2) is 0 Å². The average Bonchev–Trinajstić information content (AvgIpc) is 3.24. The predicted molar refractivity (Wildman–Crippen MR) is 119 cm³/mol. The molecule has 0 atom stereocenters. The van der Waals surface area contributed by atoms with Crippen molar-refractivity contribution in [3.8, 4) is 28.3 Å². The van der Waals surface area contributed by atoms with Gasteiger partial charge in [-0.1, -0.05) is 12.1 Å². The minimum atomic E-state index is -4.46. The Balaban J connectivity index is 1.42. The Kier molecular flexibility index (Phi) is 5.12. The SMILES string of the molecule is Oc1ccc(-c2nc3ccc(C(F)(F)F)cc3[nH]2)cc1Nc1ncc(-c2cccc(F)c2)cn1. The lowest BCUT2D eigenvalue weighted by molar-refractivity contribution is -0.137. The summed E-state index contributed by atoms with van der Waals surface area (Å²) in [7, 11) is 0. The average molecular weight is 465 g/mol. The topological polar surface area (TPSA) is 86.7 Å². The summed E-state index contributed by atoms with van der Waals surface area (Å²) < 4.78 is 52.4. The Morgan fingerprint density at radius 3 is 2.38 bits per heavy atom. The molecule has 5 rings (SSSR count). The number of halogens is 4. The van der Waals surface area contributed by atoms with Gasteiger partial charge in [-0.3, -0.25) is 0 Å². The van der Waals surface area contributed by atoms with Crippen LogP contribution in [0, 0.1) is 5.82 Å². The number of rotatable bonds is 4. The molecule has 2 heterocycles. The zero-order chi connectivity index (χ0) is 23.9. The van der Waals surface area contributed by atoms with Gasteiger partial charge in [0.2, 0.25) is 5.95 Å². The van der Waals surface area contributed by atoms with E-state index in [1.807, 2.05) is 0 Å². The van der Waals surface area contributed by atoms with Gasteiger partial charge in [0.25, 0.3) is 0 Å². The molecule has 0 aliphatic carbocycles. The minimum absolute atomic E-state index is 0.0861. The molecule has 0 radical (unpaired) electrons. The number of fused-ring (bicyclic) bond motifs is 1. The standard InChI is InChI=1S/C24H15F4N5O/c25-17-3-1-2-13(8-17)15-11-29-23(30-12-15)33-20-9-14(4-7-21(20)34)22-31-18-6-5-16(24(26,27)28)10-19(18)32-22/h1-12,34H,(H,31,32)(H,29,30,33). The van der Waals surface area contributed by atoms with E-state index in [1.165, 1.54) is 36.7 Å². The maximum absolute atomic E-state index is 13.4. The molecule has 0 spiro atoms. The first-order chi connectivity index (χ1) is 16.3. The predicted octanol–water partition coefficient (Wildman–Crippen LogP) is 6.29. The fraction of sp³-hybridized carbons (Fsp3) is 0.0417. The Morgan fingerprint density at radius 2 is 1.65 bits per heavy atom. The van der Waals surface area contributed by atoms with Crippen molar-refractivity contribution < 1.29 is 22.7 Å². The monoisotopic (exact) mass is 465 g/mol. The van der Waals surface area contributed by atoms with Gasteiger partial charge in [0.1, 0.15) is 17.4 Å². The lowest BCUT2D eigenvalue weighted by Crippen LogP contribution is -2.04. The van der Waals surface area contributed by atoms with Gasteiger partial charge in [-0.05, 0) is 54.1 Å². The molecule has 0 fully saturated rings. The van der Waals surface area contributed by atoms with Crippen molar-refractivity contribution in [3.05, 3.63) is 84.4 Å². The zero-order valence-corrected chi connectivity index (χ0v) is 17.2. The largest absolute Gasteiger partial charge is 0.506 e. The number of nitrogens with zero attached hydrogens (tertiary/aromatic N) is 3. The third-order valence-electron chi connectivity index (χ3n) is 5.14. The summed E-state index contributed by atoms with van der Waals surface area (Å²) in [5, 5.41) is 13.2. The van der Waals surface area contributed by atoms with E-state index in [0.29, 0.717) is 28.0 Å². The van der Waals surface area contributed by atoms with Crippen LogP contribution in [0.3, 0.4) is 0 Å². The van der Waals surface area contributed by atoms with E-state index in [9.17, 15) is 22.7 Å². The van der Waals surface area contributed by atoms with Crippen molar-refractivity contribution >= 4 is 22.7 Å². The third-order valence-corrected chi connectivity index (χ3v) is 5.14. The number of phenolic OH excluding ortho intramolecular Hbond substituents is 1. The summed E-state index contributed by atoms with van der Waals surface area (Å²) in [5.41, 5.74) is 1.88. The number of phenols is 1. The molecule has 2 aromatic heterocycles. The van der Waals surface area contributed by atoms with Crippen molar-refractivity contribution in [3.63, 3.8) is 0 Å². The second-order valence-corrected chi connectivity index (χ2v) is 7.48. The smallest absolute Gasteiger partial charge is 0.416 e. The van der Waals surface area contributed by atoms with Crippen LogP contribution in [-0.4, -0.2) is 25.0 Å². The molecule has 3 N–H and O–H groups in total. The van der Waals surface area contributed by atoms with Crippen molar-refractivity contribution in [2.24, 2.45) is 0 Å². The molecule has 34 heavy (non-hydrogen) atoms. The van der Waals surface area contributed by atoms with E-state index >= 15 is 0 Å². The fourth-order valence-corrected chi connectivity index (χ4v) is 3.44. The van der Waals surface area contributed by atoms with Crippen LogP contribution in [0.25, 0.3) is 33.5 Å². The lowest BCUT2D eigenvalue weighted by atomic mass is 10.1. The highest BCUT2D eigenvalue weighted by Gasteiger charge is 2.30. The number of benzene rings is 3. The number of hydrogen-bond acceptors (Lipinski definition) is 5. The van der Waals surface area contributed by atoms with E-state index < -0.39 is 11.7 Å². The molecule has 0 aliphatic rings. The number of aromatic hydroxyl groups is 1. The highest BCUT2D eigenvalue weighted by molar-refractivity contribution is 5.81. The summed E-state index contributed by atoms with van der Waals surface area (Å²) in [6.45, 7) is 0. The second kappa shape index (κ2) is 8.14. The number of imidazole rings is 1. The lowest BCUT2D eigenvalue weighted by Gasteiger charge is -2.09. The van der Waals surface area contributed by atoms with Crippen LogP contribution >= 0.6 is 0 Å². The molecule has 6 nitrogen and oxygen atoms in total. The maximum Gasteiger partial charge on any atom is 0.416 e. The van der Waals surface area contributed by atoms with Gasteiger partial charge >= 0.3 is 6.18 Å². The third kappa shape index (κ3) is 4.25. The highest BCUT2D eigenvalue weighted by atomic mass is 19.4. The van der Waals surface area contributed by atoms with E-state index in [4.69, 9.17) is 0 Å². The van der Waals surface area contributed by atoms with E-state index in [1.54, 1.807) is 24.3 Å². The summed E-state index contributed by atoms with van der Waals surface area (Å²) >= 11 is 0. The molecule has 170 valence electrons. The van der Waals surface area contributed by atoms with Crippen LogP contribution in [0.4, 0.5) is 29.2 Å². The Morgan fingerprint density at radius 1 is 0.853 bits per heavy atom. The van der Waals surface area contributed by atoms with Gasteiger partial charge in [-0.25, -0.2) is 19.3 Å². The fourth-order valence-electron chi connectivity index (χ4n) is 3.44. The van der Waals surface area contributed by atoms with Crippen LogP contribution in [0.5, 0.6) is 5.75 Å². The van der Waals surface area contributed by atoms with Crippen LogP contribution in [0.2, 0.25) is 0 Å². The van der Waals surface area contributed by atoms with Gasteiger partial charge in [0, 0.05) is 23.5 Å². The Hall–Kier alpha value is -4.47. The van der Waals surface area contributed by atoms with Crippen LogP contribution in [0.1, 0.15) is 5.56 Å². The van der Waals surface area contributed by atoms with Gasteiger partial charge in [-0.15, -0.1) is 0 Å². The molecular formula is C24H15F4N5O. The van der Waals surface area contributed by atoms with Gasteiger partial charge < -0.3 is 15.4 Å². The molecular weight excluding hydrogens is 450 g/mol. The molecule has 0 saturated heterocycles. The zero-order valence-electron chi connectivity index (χ0n) is 17.2. The number of aromatic amines is 1. The minimum Gasteiger partial charge on any atom is -0.506 e. The molecule has 0 aliphatic heterocycles. The molecule has 0 bridgehead atoms. The number of hydrogen-bond donors (Lipinski definition) is 3. The van der Waals surface area contributed by atoms with E-state index in [-0.39, 0.29) is 28.7 Å². The van der Waals surface area contributed by atoms with Crippen molar-refractivity contribution in [1.82, 2.24) is 19.9 Å². The second-order valence-electron chi connectivity index (χ2n) is 7.48. The first-order valence-electron chi connectivity index (χ1n) is 10.0. The quantitative estimate of drug-likeness (QED) is 0.214. The molecule has 0 saturated carbocycles. The molecule has 0 unspecified atom stereocenters. The molecule has 5 aromatic rings. The molecule has 3 aromatic carbocycles. The summed E-state index contributed by atoms with van der Waals surface area (Å²) in [5.74, 6) is 0.0606.